The van der Waals surface area contributed by atoms with Gasteiger partial charge in [-0.25, -0.2) is 24.3 Å². The summed E-state index contributed by atoms with van der Waals surface area (Å²) in [6.45, 7) is 0.384. The number of carbonyl (C=O) groups excluding carboxylic acids is 1. The number of carbonyl (C=O) groups is 1. The number of benzene rings is 1. The van der Waals surface area contributed by atoms with Gasteiger partial charge in [0.15, 0.2) is 24.0 Å². The molecule has 240 valence electrons. The molecule has 0 radical (unpaired) electrons. The van der Waals surface area contributed by atoms with E-state index >= 15 is 0 Å². The summed E-state index contributed by atoms with van der Waals surface area (Å²) in [5.74, 6) is -0.815. The average Bonchev–Trinajstić information content (AvgIpc) is 3.66. The van der Waals surface area contributed by atoms with E-state index < -0.39 is 71.2 Å². The van der Waals surface area contributed by atoms with E-state index in [1.165, 1.54) is 24.3 Å². The number of phenols is 1. The molecule has 0 bridgehead atoms. The molecular formula is C23H29N5O14P2. The Labute approximate surface area is 248 Å². The topological polar surface area (TPSA) is 277 Å². The van der Waals surface area contributed by atoms with Gasteiger partial charge in [-0.2, -0.15) is 0 Å². The Kier molecular flexibility index (Phi) is 8.99. The zero-order valence-electron chi connectivity index (χ0n) is 23.2. The van der Waals surface area contributed by atoms with Gasteiger partial charge < -0.3 is 49.6 Å². The molecule has 44 heavy (non-hydrogen) atoms. The first-order chi connectivity index (χ1) is 20.7. The standard InChI is InChI=1S/C23H29N5O14P2/c1-10-12-5-38-23(32)14(12)16(29)11(19(10)37-2)3-4-39-43(33,34)9-41-44(35,36)40-6-13-17(30)18(31)22(42-13)28-8-27-15-20(24)25-7-26-21(15)28/h7-8,13,17-18,22,29-31H,3-6,9H2,1-2H3,(H,33,34)(H,35,36)(H2,24,25,26)/t13-,17-,18-,22-/m1/s1. The van der Waals surface area contributed by atoms with Crippen molar-refractivity contribution in [1.82, 2.24) is 19.5 Å². The highest BCUT2D eigenvalue weighted by Crippen LogP contribution is 2.52. The first kappa shape index (κ1) is 32.2. The van der Waals surface area contributed by atoms with Crippen molar-refractivity contribution in [3.05, 3.63) is 34.9 Å². The lowest BCUT2D eigenvalue weighted by atomic mass is 9.95. The largest absolute Gasteiger partial charge is 0.507 e. The van der Waals surface area contributed by atoms with Crippen molar-refractivity contribution >= 4 is 38.4 Å². The Morgan fingerprint density at radius 2 is 1.89 bits per heavy atom. The van der Waals surface area contributed by atoms with E-state index in [9.17, 15) is 39.0 Å². The molecule has 0 amide bonds. The van der Waals surface area contributed by atoms with Crippen LogP contribution in [-0.2, 0) is 45.2 Å². The fourth-order valence-corrected chi connectivity index (χ4v) is 6.93. The molecule has 0 aliphatic carbocycles. The number of rotatable bonds is 12. The lowest BCUT2D eigenvalue weighted by molar-refractivity contribution is -0.0511. The number of phosphoric acid groups is 1. The third-order valence-corrected chi connectivity index (χ3v) is 9.25. The van der Waals surface area contributed by atoms with Gasteiger partial charge >= 0.3 is 21.4 Å². The van der Waals surface area contributed by atoms with E-state index in [-0.39, 0.29) is 46.9 Å². The predicted octanol–water partition coefficient (Wildman–Crippen LogP) is 0.257. The number of methoxy groups -OCH3 is 1. The van der Waals surface area contributed by atoms with Gasteiger partial charge in [0.05, 0.1) is 26.7 Å². The first-order valence-electron chi connectivity index (χ1n) is 12.9. The van der Waals surface area contributed by atoms with Crippen LogP contribution in [-0.4, -0.2) is 95.6 Å². The fraction of sp³-hybridized carbons (Fsp3) is 0.478. The number of aliphatic hydroxyl groups excluding tert-OH is 2. The lowest BCUT2D eigenvalue weighted by Gasteiger charge is -2.19. The van der Waals surface area contributed by atoms with Crippen LogP contribution in [0.1, 0.15) is 33.3 Å². The van der Waals surface area contributed by atoms with Crippen LogP contribution in [0.25, 0.3) is 11.2 Å². The summed E-state index contributed by atoms with van der Waals surface area (Å²) in [4.78, 5) is 44.1. The molecular weight excluding hydrogens is 632 g/mol. The second-order valence-corrected chi connectivity index (χ2v) is 13.0. The third kappa shape index (κ3) is 6.16. The number of anilines is 1. The van der Waals surface area contributed by atoms with E-state index in [4.69, 9.17) is 29.0 Å². The fourth-order valence-electron chi connectivity index (χ4n) is 4.90. The second-order valence-electron chi connectivity index (χ2n) is 9.79. The Morgan fingerprint density at radius 3 is 2.61 bits per heavy atom. The van der Waals surface area contributed by atoms with Gasteiger partial charge in [-0.3, -0.25) is 18.2 Å². The van der Waals surface area contributed by atoms with Crippen LogP contribution in [0.2, 0.25) is 0 Å². The number of nitrogens with two attached hydrogens (primary N) is 1. The van der Waals surface area contributed by atoms with E-state index in [1.54, 1.807) is 6.92 Å². The normalized spacial score (nSPS) is 24.2. The smallest absolute Gasteiger partial charge is 0.472 e. The number of aromatic nitrogens is 4. The number of aromatic hydroxyl groups is 1. The first-order valence-corrected chi connectivity index (χ1v) is 16.1. The molecule has 3 aromatic rings. The number of hydrogen-bond donors (Lipinski definition) is 6. The molecule has 2 aliphatic rings. The number of esters is 1. The molecule has 0 saturated carbocycles. The van der Waals surface area contributed by atoms with Gasteiger partial charge in [-0.05, 0) is 12.5 Å². The minimum Gasteiger partial charge on any atom is -0.507 e. The monoisotopic (exact) mass is 661 g/mol. The summed E-state index contributed by atoms with van der Waals surface area (Å²) in [6, 6.07) is 0. The molecule has 7 N–H and O–H groups in total. The van der Waals surface area contributed by atoms with Crippen LogP contribution in [0.15, 0.2) is 12.7 Å². The van der Waals surface area contributed by atoms with Crippen LogP contribution in [0.5, 0.6) is 11.5 Å². The van der Waals surface area contributed by atoms with Crippen molar-refractivity contribution in [3.8, 4) is 11.5 Å². The van der Waals surface area contributed by atoms with E-state index in [1.807, 2.05) is 0 Å². The lowest BCUT2D eigenvalue weighted by Crippen LogP contribution is -2.33. The Morgan fingerprint density at radius 1 is 1.14 bits per heavy atom. The van der Waals surface area contributed by atoms with E-state index in [0.29, 0.717) is 11.1 Å². The van der Waals surface area contributed by atoms with Crippen molar-refractivity contribution in [2.45, 2.75) is 44.5 Å². The van der Waals surface area contributed by atoms with Gasteiger partial charge in [-0.1, -0.05) is 0 Å². The van der Waals surface area contributed by atoms with Crippen LogP contribution in [0.4, 0.5) is 5.82 Å². The second kappa shape index (κ2) is 12.3. The Balaban J connectivity index is 1.15. The summed E-state index contributed by atoms with van der Waals surface area (Å²) >= 11 is 0. The molecule has 2 unspecified atom stereocenters. The number of cyclic esters (lactones) is 1. The maximum atomic E-state index is 12.5. The highest BCUT2D eigenvalue weighted by molar-refractivity contribution is 7.54. The quantitative estimate of drug-likeness (QED) is 0.112. The van der Waals surface area contributed by atoms with E-state index in [0.717, 1.165) is 0 Å². The minimum absolute atomic E-state index is 0.0283. The van der Waals surface area contributed by atoms with Gasteiger partial charge in [0.25, 0.3) is 0 Å². The number of nitrogen functional groups attached to an aromatic ring is 1. The molecule has 1 aromatic carbocycles. The molecule has 4 heterocycles. The summed E-state index contributed by atoms with van der Waals surface area (Å²) in [6.07, 6.45) is -4.67. The van der Waals surface area contributed by atoms with Crippen molar-refractivity contribution in [1.29, 1.82) is 0 Å². The Hall–Kier alpha value is -3.22. The highest BCUT2D eigenvalue weighted by atomic mass is 31.2. The van der Waals surface area contributed by atoms with Gasteiger partial charge in [0.1, 0.15) is 53.8 Å². The number of hydrogen-bond acceptors (Lipinski definition) is 16. The maximum absolute atomic E-state index is 12.5. The van der Waals surface area contributed by atoms with Crippen LogP contribution >= 0.6 is 15.4 Å². The number of nitrogens with zero attached hydrogens (tertiary/aromatic N) is 4. The summed E-state index contributed by atoms with van der Waals surface area (Å²) in [7, 11) is -8.30. The molecule has 5 rings (SSSR count). The number of phosphoric ester groups is 1. The molecule has 2 aliphatic heterocycles. The number of fused-ring (bicyclic) bond motifs is 2. The van der Waals surface area contributed by atoms with Crippen molar-refractivity contribution in [2.75, 3.05) is 32.4 Å². The van der Waals surface area contributed by atoms with E-state index in [2.05, 4.69) is 19.5 Å². The summed E-state index contributed by atoms with van der Waals surface area (Å²) in [5.41, 5.74) is 7.30. The van der Waals surface area contributed by atoms with Crippen LogP contribution in [0, 0.1) is 6.92 Å². The zero-order valence-corrected chi connectivity index (χ0v) is 25.0. The molecule has 2 aromatic heterocycles. The van der Waals surface area contributed by atoms with Crippen LogP contribution in [0.3, 0.4) is 0 Å². The van der Waals surface area contributed by atoms with Gasteiger partial charge in [-0.15, -0.1) is 0 Å². The SMILES string of the molecule is COc1c(C)c2c(c(O)c1CCOP(=O)(O)COP(=O)(O)OC[C@H]1O[C@@H](n3cnc4c(N)ncnc43)[C@H](O)[C@@H]1O)C(=O)OC2. The average molecular weight is 661 g/mol. The maximum Gasteiger partial charge on any atom is 0.472 e. The highest BCUT2D eigenvalue weighted by Gasteiger charge is 2.45. The molecule has 21 heteroatoms. The molecule has 1 saturated heterocycles. The molecule has 19 nitrogen and oxygen atoms in total. The molecule has 1 fully saturated rings. The summed E-state index contributed by atoms with van der Waals surface area (Å²) < 4.78 is 56.5. The predicted molar refractivity (Wildman–Crippen MR) is 145 cm³/mol. The van der Waals surface area contributed by atoms with Crippen molar-refractivity contribution < 1.29 is 66.8 Å². The van der Waals surface area contributed by atoms with Crippen molar-refractivity contribution in [3.63, 3.8) is 0 Å². The molecule has 6 atom stereocenters. The zero-order chi connectivity index (χ0) is 32.0. The Bertz CT molecular complexity index is 1680. The number of imidazole rings is 1. The van der Waals surface area contributed by atoms with Gasteiger partial charge in [0, 0.05) is 17.5 Å². The number of phenolic OH excluding ortho intramolecular Hbond substituents is 1. The van der Waals surface area contributed by atoms with Gasteiger partial charge in [0.2, 0.25) is 0 Å². The number of ether oxygens (including phenoxy) is 3. The summed E-state index contributed by atoms with van der Waals surface area (Å²) in [5, 5.41) is 31.6. The molecule has 0 spiro atoms. The van der Waals surface area contributed by atoms with Crippen LogP contribution < -0.4 is 10.5 Å². The van der Waals surface area contributed by atoms with Crippen molar-refractivity contribution in [2.24, 2.45) is 0 Å². The third-order valence-electron chi connectivity index (χ3n) is 7.08. The number of aliphatic hydroxyl groups is 2. The minimum atomic E-state index is -5.00.